The van der Waals surface area contributed by atoms with E-state index in [1.807, 2.05) is 73.7 Å². The highest BCUT2D eigenvalue weighted by atomic mass is 35.5. The predicted molar refractivity (Wildman–Crippen MR) is 110 cm³/mol. The SMILES string of the molecule is CCOc1ccccc1NC(=O)[C@H](Nc1ccc(Cl)cc1)c1ccccc1. The molecule has 0 aliphatic carbocycles. The lowest BCUT2D eigenvalue weighted by Gasteiger charge is -2.21. The summed E-state index contributed by atoms with van der Waals surface area (Å²) in [5.41, 5.74) is 2.31. The first-order valence-corrected chi connectivity index (χ1v) is 9.15. The van der Waals surface area contributed by atoms with Gasteiger partial charge in [-0.25, -0.2) is 0 Å². The van der Waals surface area contributed by atoms with Crippen molar-refractivity contribution in [1.29, 1.82) is 0 Å². The van der Waals surface area contributed by atoms with E-state index in [0.717, 1.165) is 11.3 Å². The molecule has 2 N–H and O–H groups in total. The van der Waals surface area contributed by atoms with Gasteiger partial charge in [-0.1, -0.05) is 54.1 Å². The first-order chi connectivity index (χ1) is 13.2. The average molecular weight is 381 g/mol. The van der Waals surface area contributed by atoms with Crippen LogP contribution in [0.15, 0.2) is 78.9 Å². The van der Waals surface area contributed by atoms with E-state index in [1.165, 1.54) is 0 Å². The Morgan fingerprint density at radius 3 is 2.33 bits per heavy atom. The number of benzene rings is 3. The van der Waals surface area contributed by atoms with Crippen LogP contribution >= 0.6 is 11.6 Å². The smallest absolute Gasteiger partial charge is 0.251 e. The molecule has 0 fully saturated rings. The molecule has 1 atom stereocenters. The Morgan fingerprint density at radius 1 is 0.963 bits per heavy atom. The van der Waals surface area contributed by atoms with Crippen molar-refractivity contribution >= 4 is 28.9 Å². The zero-order valence-electron chi connectivity index (χ0n) is 15.0. The zero-order valence-corrected chi connectivity index (χ0v) is 15.7. The number of carbonyl (C=O) groups excluding carboxylic acids is 1. The van der Waals surface area contributed by atoms with Crippen LogP contribution in [-0.2, 0) is 4.79 Å². The lowest BCUT2D eigenvalue weighted by molar-refractivity contribution is -0.117. The number of ether oxygens (including phenoxy) is 1. The van der Waals surface area contributed by atoms with Crippen LogP contribution in [0, 0.1) is 0 Å². The Bertz CT molecular complexity index is 882. The molecule has 1 amide bonds. The quantitative estimate of drug-likeness (QED) is 0.566. The molecule has 0 aliphatic heterocycles. The summed E-state index contributed by atoms with van der Waals surface area (Å²) in [6.45, 7) is 2.44. The van der Waals surface area contributed by atoms with E-state index in [0.29, 0.717) is 23.1 Å². The Hall–Kier alpha value is -2.98. The molecule has 0 saturated carbocycles. The van der Waals surface area contributed by atoms with E-state index < -0.39 is 6.04 Å². The Labute approximate surface area is 164 Å². The molecule has 3 aromatic carbocycles. The molecule has 138 valence electrons. The molecule has 0 unspecified atom stereocenters. The van der Waals surface area contributed by atoms with Gasteiger partial charge in [-0.05, 0) is 48.9 Å². The molecular weight excluding hydrogens is 360 g/mol. The van der Waals surface area contributed by atoms with E-state index >= 15 is 0 Å². The third-order valence-electron chi connectivity index (χ3n) is 4.00. The second-order valence-corrected chi connectivity index (χ2v) is 6.35. The minimum absolute atomic E-state index is 0.177. The summed E-state index contributed by atoms with van der Waals surface area (Å²) in [5.74, 6) is 0.468. The van der Waals surface area contributed by atoms with Gasteiger partial charge in [-0.3, -0.25) is 4.79 Å². The maximum atomic E-state index is 13.1. The molecule has 4 nitrogen and oxygen atoms in total. The van der Waals surface area contributed by atoms with E-state index in [4.69, 9.17) is 16.3 Å². The van der Waals surface area contributed by atoms with E-state index in [2.05, 4.69) is 10.6 Å². The topological polar surface area (TPSA) is 50.4 Å². The molecule has 27 heavy (non-hydrogen) atoms. The zero-order chi connectivity index (χ0) is 19.1. The first-order valence-electron chi connectivity index (χ1n) is 8.77. The van der Waals surface area contributed by atoms with E-state index in [-0.39, 0.29) is 5.91 Å². The highest BCUT2D eigenvalue weighted by molar-refractivity contribution is 6.30. The van der Waals surface area contributed by atoms with Gasteiger partial charge >= 0.3 is 0 Å². The highest BCUT2D eigenvalue weighted by Gasteiger charge is 2.21. The van der Waals surface area contributed by atoms with Crippen LogP contribution < -0.4 is 15.4 Å². The number of hydrogen-bond acceptors (Lipinski definition) is 3. The van der Waals surface area contributed by atoms with Crippen molar-refractivity contribution in [3.05, 3.63) is 89.4 Å². The van der Waals surface area contributed by atoms with Crippen LogP contribution in [0.3, 0.4) is 0 Å². The summed E-state index contributed by atoms with van der Waals surface area (Å²) in [7, 11) is 0. The normalized spacial score (nSPS) is 11.5. The molecule has 3 aromatic rings. The van der Waals surface area contributed by atoms with Crippen LogP contribution in [-0.4, -0.2) is 12.5 Å². The van der Waals surface area contributed by atoms with Crippen molar-refractivity contribution in [1.82, 2.24) is 0 Å². The third kappa shape index (κ3) is 5.02. The lowest BCUT2D eigenvalue weighted by Crippen LogP contribution is -2.27. The fourth-order valence-electron chi connectivity index (χ4n) is 2.71. The molecule has 0 saturated heterocycles. The highest BCUT2D eigenvalue weighted by Crippen LogP contribution is 2.27. The van der Waals surface area contributed by atoms with Crippen molar-refractivity contribution in [3.8, 4) is 5.75 Å². The fraction of sp³-hybridized carbons (Fsp3) is 0.136. The van der Waals surface area contributed by atoms with Gasteiger partial charge in [0, 0.05) is 10.7 Å². The minimum atomic E-state index is -0.568. The Morgan fingerprint density at radius 2 is 1.63 bits per heavy atom. The van der Waals surface area contributed by atoms with E-state index in [9.17, 15) is 4.79 Å². The standard InChI is InChI=1S/C22H21ClN2O2/c1-2-27-20-11-7-6-10-19(20)25-22(26)21(16-8-4-3-5-9-16)24-18-14-12-17(23)13-15-18/h3-15,21,24H,2H2,1H3,(H,25,26)/t21-/m1/s1. The van der Waals surface area contributed by atoms with Gasteiger partial charge in [0.2, 0.25) is 0 Å². The molecule has 3 rings (SSSR count). The second-order valence-electron chi connectivity index (χ2n) is 5.91. The van der Waals surface area contributed by atoms with Crippen molar-refractivity contribution in [2.75, 3.05) is 17.2 Å². The number of hydrogen-bond donors (Lipinski definition) is 2. The van der Waals surface area contributed by atoms with Gasteiger partial charge in [-0.15, -0.1) is 0 Å². The maximum absolute atomic E-state index is 13.1. The summed E-state index contributed by atoms with van der Waals surface area (Å²) >= 11 is 5.96. The van der Waals surface area contributed by atoms with Crippen molar-refractivity contribution in [2.24, 2.45) is 0 Å². The fourth-order valence-corrected chi connectivity index (χ4v) is 2.84. The maximum Gasteiger partial charge on any atom is 0.251 e. The molecule has 0 heterocycles. The van der Waals surface area contributed by atoms with Gasteiger partial charge in [0.15, 0.2) is 0 Å². The number of halogens is 1. The number of nitrogens with one attached hydrogen (secondary N) is 2. The summed E-state index contributed by atoms with van der Waals surface area (Å²) < 4.78 is 5.60. The number of para-hydroxylation sites is 2. The summed E-state index contributed by atoms with van der Waals surface area (Å²) in [5, 5.41) is 6.90. The summed E-state index contributed by atoms with van der Waals surface area (Å²) in [4.78, 5) is 13.1. The average Bonchev–Trinajstić information content (AvgIpc) is 2.70. The number of carbonyl (C=O) groups is 1. The van der Waals surface area contributed by atoms with Gasteiger partial charge in [0.1, 0.15) is 11.8 Å². The van der Waals surface area contributed by atoms with Crippen LogP contribution in [0.25, 0.3) is 0 Å². The van der Waals surface area contributed by atoms with Crippen molar-refractivity contribution < 1.29 is 9.53 Å². The lowest BCUT2D eigenvalue weighted by atomic mass is 10.1. The largest absolute Gasteiger partial charge is 0.492 e. The van der Waals surface area contributed by atoms with Crippen LogP contribution in [0.5, 0.6) is 5.75 Å². The van der Waals surface area contributed by atoms with Crippen LogP contribution in [0.4, 0.5) is 11.4 Å². The molecule has 0 bridgehead atoms. The van der Waals surface area contributed by atoms with Crippen molar-refractivity contribution in [2.45, 2.75) is 13.0 Å². The predicted octanol–water partition coefficient (Wildman–Crippen LogP) is 5.53. The molecule has 0 aromatic heterocycles. The monoisotopic (exact) mass is 380 g/mol. The minimum Gasteiger partial charge on any atom is -0.492 e. The van der Waals surface area contributed by atoms with E-state index in [1.54, 1.807) is 12.1 Å². The molecule has 0 aliphatic rings. The third-order valence-corrected chi connectivity index (χ3v) is 4.25. The molecule has 0 spiro atoms. The summed E-state index contributed by atoms with van der Waals surface area (Å²) in [6, 6.07) is 23.7. The molecular formula is C22H21ClN2O2. The van der Waals surface area contributed by atoms with Crippen LogP contribution in [0.2, 0.25) is 5.02 Å². The first kappa shape index (κ1) is 18.8. The van der Waals surface area contributed by atoms with Gasteiger partial charge in [0.25, 0.3) is 5.91 Å². The molecule has 0 radical (unpaired) electrons. The van der Waals surface area contributed by atoms with Crippen molar-refractivity contribution in [3.63, 3.8) is 0 Å². The van der Waals surface area contributed by atoms with Gasteiger partial charge in [0.05, 0.1) is 12.3 Å². The number of anilines is 2. The summed E-state index contributed by atoms with van der Waals surface area (Å²) in [6.07, 6.45) is 0. The second kappa shape index (κ2) is 9.10. The van der Waals surface area contributed by atoms with Gasteiger partial charge < -0.3 is 15.4 Å². The number of rotatable bonds is 7. The Balaban J connectivity index is 1.86. The Kier molecular flexibility index (Phi) is 6.34. The molecule has 5 heteroatoms. The van der Waals surface area contributed by atoms with Crippen LogP contribution in [0.1, 0.15) is 18.5 Å². The number of amides is 1. The van der Waals surface area contributed by atoms with Gasteiger partial charge in [-0.2, -0.15) is 0 Å².